The van der Waals surface area contributed by atoms with E-state index in [0.29, 0.717) is 13.2 Å². The lowest BCUT2D eigenvalue weighted by atomic mass is 9.97. The Kier molecular flexibility index (Phi) is 6.92. The van der Waals surface area contributed by atoms with Crippen molar-refractivity contribution in [1.29, 1.82) is 0 Å². The molecule has 1 heterocycles. The second-order valence-electron chi connectivity index (χ2n) is 5.73. The van der Waals surface area contributed by atoms with Crippen molar-refractivity contribution in [2.24, 2.45) is 5.92 Å². The molecule has 6 heteroatoms. The van der Waals surface area contributed by atoms with Gasteiger partial charge in [-0.1, -0.05) is 6.07 Å². The van der Waals surface area contributed by atoms with Crippen molar-refractivity contribution in [1.82, 2.24) is 0 Å². The van der Waals surface area contributed by atoms with Gasteiger partial charge in [-0.25, -0.2) is 0 Å². The number of quaternary nitrogens is 1. The van der Waals surface area contributed by atoms with Crippen molar-refractivity contribution in [2.45, 2.75) is 24.7 Å². The largest absolute Gasteiger partial charge is 0.466 e. The van der Waals surface area contributed by atoms with Gasteiger partial charge in [-0.15, -0.1) is 11.8 Å². The fourth-order valence-corrected chi connectivity index (χ4v) is 3.29. The summed E-state index contributed by atoms with van der Waals surface area (Å²) >= 11 is 1.65. The second kappa shape index (κ2) is 8.93. The number of amides is 1. The van der Waals surface area contributed by atoms with Crippen LogP contribution in [0.25, 0.3) is 0 Å². The summed E-state index contributed by atoms with van der Waals surface area (Å²) in [6, 6.07) is 7.84. The summed E-state index contributed by atoms with van der Waals surface area (Å²) in [5.74, 6) is -0.0715. The molecule has 23 heavy (non-hydrogen) atoms. The van der Waals surface area contributed by atoms with Crippen molar-refractivity contribution in [3.63, 3.8) is 0 Å². The van der Waals surface area contributed by atoms with Crippen molar-refractivity contribution < 1.29 is 19.2 Å². The Bertz CT molecular complexity index is 542. The van der Waals surface area contributed by atoms with Gasteiger partial charge in [0.05, 0.1) is 25.6 Å². The van der Waals surface area contributed by atoms with E-state index in [1.807, 2.05) is 37.4 Å². The summed E-state index contributed by atoms with van der Waals surface area (Å²) < 4.78 is 5.07. The Morgan fingerprint density at radius 1 is 1.35 bits per heavy atom. The topological polar surface area (TPSA) is 59.8 Å². The van der Waals surface area contributed by atoms with Crippen LogP contribution in [0, 0.1) is 5.92 Å². The number of thioether (sulfide) groups is 1. The Labute approximate surface area is 141 Å². The van der Waals surface area contributed by atoms with Gasteiger partial charge < -0.3 is 15.0 Å². The number of hydrogen-bond acceptors (Lipinski definition) is 4. The average molecular weight is 337 g/mol. The number of rotatable bonds is 6. The van der Waals surface area contributed by atoms with Gasteiger partial charge in [0.25, 0.3) is 5.91 Å². The van der Waals surface area contributed by atoms with Gasteiger partial charge in [-0.3, -0.25) is 9.59 Å². The van der Waals surface area contributed by atoms with E-state index in [9.17, 15) is 9.59 Å². The smallest absolute Gasteiger partial charge is 0.309 e. The summed E-state index contributed by atoms with van der Waals surface area (Å²) in [7, 11) is 0. The SMILES string of the molecule is CCOC(=O)C1CC[NH+](CC(=O)Nc2cccc(SC)c2)CC1. The van der Waals surface area contributed by atoms with E-state index in [2.05, 4.69) is 5.32 Å². The maximum Gasteiger partial charge on any atom is 0.309 e. The van der Waals surface area contributed by atoms with Gasteiger partial charge in [0.2, 0.25) is 0 Å². The maximum absolute atomic E-state index is 12.2. The molecule has 1 aliphatic rings. The molecule has 2 rings (SSSR count). The van der Waals surface area contributed by atoms with Crippen LogP contribution in [-0.2, 0) is 14.3 Å². The molecule has 0 spiro atoms. The zero-order chi connectivity index (χ0) is 16.7. The van der Waals surface area contributed by atoms with E-state index in [1.54, 1.807) is 11.8 Å². The lowest BCUT2D eigenvalue weighted by Crippen LogP contribution is -3.14. The highest BCUT2D eigenvalue weighted by molar-refractivity contribution is 7.98. The van der Waals surface area contributed by atoms with Crippen LogP contribution in [0.4, 0.5) is 5.69 Å². The fraction of sp³-hybridized carbons (Fsp3) is 0.529. The van der Waals surface area contributed by atoms with Gasteiger partial charge in [0, 0.05) is 23.4 Å². The van der Waals surface area contributed by atoms with E-state index >= 15 is 0 Å². The molecule has 0 bridgehead atoms. The number of benzene rings is 1. The highest BCUT2D eigenvalue weighted by atomic mass is 32.2. The zero-order valence-corrected chi connectivity index (χ0v) is 14.6. The Hall–Kier alpha value is -1.53. The normalized spacial score (nSPS) is 20.8. The summed E-state index contributed by atoms with van der Waals surface area (Å²) in [6.45, 7) is 4.38. The van der Waals surface area contributed by atoms with Crippen LogP contribution < -0.4 is 10.2 Å². The van der Waals surface area contributed by atoms with Gasteiger partial charge in [-0.2, -0.15) is 0 Å². The van der Waals surface area contributed by atoms with E-state index in [0.717, 1.165) is 36.5 Å². The predicted octanol–water partition coefficient (Wildman–Crippen LogP) is 1.20. The molecular formula is C17H25N2O3S+. The van der Waals surface area contributed by atoms with Gasteiger partial charge in [0.15, 0.2) is 6.54 Å². The third-order valence-corrected chi connectivity index (χ3v) is 4.80. The van der Waals surface area contributed by atoms with Crippen LogP contribution in [0.3, 0.4) is 0 Å². The quantitative estimate of drug-likeness (QED) is 0.605. The molecule has 1 aromatic rings. The van der Waals surface area contributed by atoms with Gasteiger partial charge in [-0.05, 0) is 31.4 Å². The first-order valence-electron chi connectivity index (χ1n) is 8.06. The molecule has 0 aromatic heterocycles. The molecule has 0 unspecified atom stereocenters. The number of likely N-dealkylation sites (tertiary alicyclic amines) is 1. The van der Waals surface area contributed by atoms with E-state index in [1.165, 1.54) is 4.90 Å². The van der Waals surface area contributed by atoms with Crippen molar-refractivity contribution in [2.75, 3.05) is 37.8 Å². The molecule has 1 amide bonds. The molecule has 0 saturated carbocycles. The van der Waals surface area contributed by atoms with Crippen LogP contribution in [0.1, 0.15) is 19.8 Å². The molecule has 2 N–H and O–H groups in total. The number of carbonyl (C=O) groups is 2. The monoisotopic (exact) mass is 337 g/mol. The Balaban J connectivity index is 1.77. The van der Waals surface area contributed by atoms with E-state index in [-0.39, 0.29) is 17.8 Å². The third-order valence-electron chi connectivity index (χ3n) is 4.08. The van der Waals surface area contributed by atoms with Gasteiger partial charge in [0.1, 0.15) is 0 Å². The molecule has 126 valence electrons. The van der Waals surface area contributed by atoms with Crippen LogP contribution in [-0.4, -0.2) is 44.4 Å². The fourth-order valence-electron chi connectivity index (χ4n) is 2.83. The minimum atomic E-state index is -0.0927. The third kappa shape index (κ3) is 5.55. The molecule has 1 saturated heterocycles. The summed E-state index contributed by atoms with van der Waals surface area (Å²) in [5.41, 5.74) is 0.836. The minimum absolute atomic E-state index is 0.0000201. The van der Waals surface area contributed by atoms with Gasteiger partial charge >= 0.3 is 5.97 Å². The molecule has 0 aliphatic carbocycles. The predicted molar refractivity (Wildman–Crippen MR) is 91.8 cm³/mol. The van der Waals surface area contributed by atoms with Crippen LogP contribution in [0.2, 0.25) is 0 Å². The van der Waals surface area contributed by atoms with Crippen LogP contribution in [0.5, 0.6) is 0 Å². The summed E-state index contributed by atoms with van der Waals surface area (Å²) in [5, 5.41) is 2.95. The molecule has 1 aliphatic heterocycles. The molecular weight excluding hydrogens is 312 g/mol. The zero-order valence-electron chi connectivity index (χ0n) is 13.8. The number of esters is 1. The van der Waals surface area contributed by atoms with Crippen molar-refractivity contribution in [3.8, 4) is 0 Å². The highest BCUT2D eigenvalue weighted by Crippen LogP contribution is 2.18. The summed E-state index contributed by atoms with van der Waals surface area (Å²) in [6.07, 6.45) is 3.60. The second-order valence-corrected chi connectivity index (χ2v) is 6.61. The Morgan fingerprint density at radius 3 is 2.74 bits per heavy atom. The number of anilines is 1. The summed E-state index contributed by atoms with van der Waals surface area (Å²) in [4.78, 5) is 26.2. The minimum Gasteiger partial charge on any atom is -0.466 e. The molecule has 1 fully saturated rings. The van der Waals surface area contributed by atoms with E-state index in [4.69, 9.17) is 4.74 Å². The van der Waals surface area contributed by atoms with Crippen LogP contribution >= 0.6 is 11.8 Å². The first-order chi connectivity index (χ1) is 11.1. The highest BCUT2D eigenvalue weighted by Gasteiger charge is 2.29. The number of ether oxygens (including phenoxy) is 1. The number of piperidine rings is 1. The van der Waals surface area contributed by atoms with E-state index < -0.39 is 0 Å². The molecule has 0 radical (unpaired) electrons. The first-order valence-corrected chi connectivity index (χ1v) is 9.29. The Morgan fingerprint density at radius 2 is 2.09 bits per heavy atom. The van der Waals surface area contributed by atoms with Crippen LogP contribution in [0.15, 0.2) is 29.2 Å². The lowest BCUT2D eigenvalue weighted by molar-refractivity contribution is -0.897. The van der Waals surface area contributed by atoms with Crippen molar-refractivity contribution in [3.05, 3.63) is 24.3 Å². The molecule has 0 atom stereocenters. The molecule has 5 nitrogen and oxygen atoms in total. The molecule has 1 aromatic carbocycles. The number of hydrogen-bond donors (Lipinski definition) is 2. The average Bonchev–Trinajstić information content (AvgIpc) is 2.55. The first kappa shape index (κ1) is 17.8. The maximum atomic E-state index is 12.2. The standard InChI is InChI=1S/C17H24N2O3S/c1-3-22-17(21)13-7-9-19(10-8-13)12-16(20)18-14-5-4-6-15(11-14)23-2/h4-6,11,13H,3,7-10,12H2,1-2H3,(H,18,20)/p+1. The number of carbonyl (C=O) groups excluding carboxylic acids is 2. The lowest BCUT2D eigenvalue weighted by Gasteiger charge is -2.27. The van der Waals surface area contributed by atoms with Crippen molar-refractivity contribution >= 4 is 29.3 Å². The number of nitrogens with one attached hydrogen (secondary N) is 2.